The highest BCUT2D eigenvalue weighted by Crippen LogP contribution is 2.25. The first-order chi connectivity index (χ1) is 10.3. The first-order valence-corrected chi connectivity index (χ1v) is 6.86. The molecule has 0 saturated heterocycles. The van der Waals surface area contributed by atoms with Gasteiger partial charge in [0.15, 0.2) is 0 Å². The lowest BCUT2D eigenvalue weighted by atomic mass is 10.0. The molecule has 0 radical (unpaired) electrons. The molecule has 21 heavy (non-hydrogen) atoms. The molecule has 0 N–H and O–H groups in total. The van der Waals surface area contributed by atoms with Crippen molar-refractivity contribution in [2.24, 2.45) is 0 Å². The van der Waals surface area contributed by atoms with Crippen LogP contribution in [0.15, 0.2) is 66.4 Å². The van der Waals surface area contributed by atoms with Gasteiger partial charge in [-0.25, -0.2) is 4.79 Å². The number of esters is 1. The SMILES string of the molecule is CCC(Oc1ccccc1)=C(C(=O)OC)c1ccccc1. The quantitative estimate of drug-likeness (QED) is 0.471. The normalized spacial score (nSPS) is 11.5. The molecule has 0 unspecified atom stereocenters. The van der Waals surface area contributed by atoms with Gasteiger partial charge in [-0.05, 0) is 17.7 Å². The van der Waals surface area contributed by atoms with E-state index in [0.29, 0.717) is 23.5 Å². The molecular weight excluding hydrogens is 264 g/mol. The van der Waals surface area contributed by atoms with E-state index in [1.165, 1.54) is 7.11 Å². The standard InChI is InChI=1S/C18H18O3/c1-3-16(21-15-12-8-5-9-13-15)17(18(19)20-2)14-10-6-4-7-11-14/h4-13H,3H2,1-2H3. The summed E-state index contributed by atoms with van der Waals surface area (Å²) in [6.07, 6.45) is 0.591. The molecule has 2 aromatic rings. The lowest BCUT2D eigenvalue weighted by molar-refractivity contribution is -0.133. The highest BCUT2D eigenvalue weighted by atomic mass is 16.5. The largest absolute Gasteiger partial charge is 0.465 e. The highest BCUT2D eigenvalue weighted by Gasteiger charge is 2.19. The van der Waals surface area contributed by atoms with Gasteiger partial charge in [-0.1, -0.05) is 55.5 Å². The molecule has 0 aliphatic rings. The molecule has 0 spiro atoms. The van der Waals surface area contributed by atoms with Gasteiger partial charge in [0.1, 0.15) is 17.1 Å². The van der Waals surface area contributed by atoms with E-state index in [2.05, 4.69) is 0 Å². The van der Waals surface area contributed by atoms with E-state index < -0.39 is 5.97 Å². The van der Waals surface area contributed by atoms with Gasteiger partial charge in [-0.2, -0.15) is 0 Å². The van der Waals surface area contributed by atoms with E-state index in [4.69, 9.17) is 9.47 Å². The molecule has 0 fully saturated rings. The average Bonchev–Trinajstić information content (AvgIpc) is 2.56. The number of methoxy groups -OCH3 is 1. The van der Waals surface area contributed by atoms with Crippen molar-refractivity contribution in [3.05, 3.63) is 72.0 Å². The molecule has 2 rings (SSSR count). The summed E-state index contributed by atoms with van der Waals surface area (Å²) in [5.74, 6) is 0.903. The van der Waals surface area contributed by atoms with Gasteiger partial charge in [0.25, 0.3) is 0 Å². The number of hydrogen-bond donors (Lipinski definition) is 0. The molecule has 0 aromatic heterocycles. The van der Waals surface area contributed by atoms with Crippen LogP contribution in [0.2, 0.25) is 0 Å². The molecule has 0 aliphatic carbocycles. The Labute approximate surface area is 124 Å². The molecule has 0 amide bonds. The van der Waals surface area contributed by atoms with Gasteiger partial charge in [-0.3, -0.25) is 0 Å². The average molecular weight is 282 g/mol. The third kappa shape index (κ3) is 3.72. The van der Waals surface area contributed by atoms with E-state index in [0.717, 1.165) is 5.56 Å². The van der Waals surface area contributed by atoms with Crippen molar-refractivity contribution in [2.45, 2.75) is 13.3 Å². The Balaban J connectivity index is 2.46. The van der Waals surface area contributed by atoms with Crippen molar-refractivity contribution in [3.8, 4) is 5.75 Å². The minimum atomic E-state index is -0.394. The van der Waals surface area contributed by atoms with Crippen molar-refractivity contribution in [2.75, 3.05) is 7.11 Å². The summed E-state index contributed by atoms with van der Waals surface area (Å²) >= 11 is 0. The van der Waals surface area contributed by atoms with Gasteiger partial charge in [-0.15, -0.1) is 0 Å². The fourth-order valence-corrected chi connectivity index (χ4v) is 2.03. The maximum atomic E-state index is 12.1. The van der Waals surface area contributed by atoms with Gasteiger partial charge in [0.05, 0.1) is 7.11 Å². The van der Waals surface area contributed by atoms with Crippen LogP contribution in [0.3, 0.4) is 0 Å². The predicted octanol–water partition coefficient (Wildman–Crippen LogP) is 4.06. The third-order valence-corrected chi connectivity index (χ3v) is 3.04. The van der Waals surface area contributed by atoms with E-state index >= 15 is 0 Å². The molecule has 3 heteroatoms. The summed E-state index contributed by atoms with van der Waals surface area (Å²) in [6.45, 7) is 1.95. The molecule has 0 atom stereocenters. The van der Waals surface area contributed by atoms with Crippen LogP contribution in [0.25, 0.3) is 5.57 Å². The predicted molar refractivity (Wildman–Crippen MR) is 82.7 cm³/mol. The minimum Gasteiger partial charge on any atom is -0.465 e. The first kappa shape index (κ1) is 14.9. The minimum absolute atomic E-state index is 0.394. The summed E-state index contributed by atoms with van der Waals surface area (Å²) in [7, 11) is 1.38. The zero-order valence-electron chi connectivity index (χ0n) is 12.2. The fourth-order valence-electron chi connectivity index (χ4n) is 2.03. The second-order valence-corrected chi connectivity index (χ2v) is 4.42. The van der Waals surface area contributed by atoms with Crippen LogP contribution in [0.4, 0.5) is 0 Å². The van der Waals surface area contributed by atoms with Crippen LogP contribution in [0, 0.1) is 0 Å². The van der Waals surface area contributed by atoms with Crippen molar-refractivity contribution in [1.82, 2.24) is 0 Å². The van der Waals surface area contributed by atoms with Crippen LogP contribution >= 0.6 is 0 Å². The maximum Gasteiger partial charge on any atom is 0.341 e. The third-order valence-electron chi connectivity index (χ3n) is 3.04. The van der Waals surface area contributed by atoms with E-state index in [1.54, 1.807) is 0 Å². The molecule has 108 valence electrons. The molecule has 0 heterocycles. The van der Waals surface area contributed by atoms with Crippen LogP contribution < -0.4 is 4.74 Å². The van der Waals surface area contributed by atoms with Crippen molar-refractivity contribution in [1.29, 1.82) is 0 Å². The second-order valence-electron chi connectivity index (χ2n) is 4.42. The molecule has 0 saturated carbocycles. The fraction of sp³-hybridized carbons (Fsp3) is 0.167. The zero-order valence-corrected chi connectivity index (χ0v) is 12.2. The molecule has 3 nitrogen and oxygen atoms in total. The van der Waals surface area contributed by atoms with Gasteiger partial charge in [0, 0.05) is 6.42 Å². The van der Waals surface area contributed by atoms with E-state index in [1.807, 2.05) is 67.6 Å². The molecule has 0 bridgehead atoms. The van der Waals surface area contributed by atoms with Crippen LogP contribution in [-0.2, 0) is 9.53 Å². The number of carbonyl (C=O) groups is 1. The lowest BCUT2D eigenvalue weighted by Gasteiger charge is -2.14. The summed E-state index contributed by atoms with van der Waals surface area (Å²) in [5, 5.41) is 0. The lowest BCUT2D eigenvalue weighted by Crippen LogP contribution is -2.10. The maximum absolute atomic E-state index is 12.1. The Morgan fingerprint density at radius 2 is 1.52 bits per heavy atom. The second kappa shape index (κ2) is 7.29. The Kier molecular flexibility index (Phi) is 5.16. The van der Waals surface area contributed by atoms with E-state index in [9.17, 15) is 4.79 Å². The van der Waals surface area contributed by atoms with Gasteiger partial charge >= 0.3 is 5.97 Å². The molecular formula is C18H18O3. The smallest absolute Gasteiger partial charge is 0.341 e. The number of ether oxygens (including phenoxy) is 2. The van der Waals surface area contributed by atoms with Crippen molar-refractivity contribution >= 4 is 11.5 Å². The monoisotopic (exact) mass is 282 g/mol. The Bertz CT molecular complexity index is 615. The zero-order chi connectivity index (χ0) is 15.1. The highest BCUT2D eigenvalue weighted by molar-refractivity contribution is 6.17. The van der Waals surface area contributed by atoms with Crippen LogP contribution in [0.5, 0.6) is 5.75 Å². The van der Waals surface area contributed by atoms with Crippen LogP contribution in [0.1, 0.15) is 18.9 Å². The number of benzene rings is 2. The number of allylic oxidation sites excluding steroid dienone is 1. The van der Waals surface area contributed by atoms with Crippen LogP contribution in [-0.4, -0.2) is 13.1 Å². The summed E-state index contributed by atoms with van der Waals surface area (Å²) < 4.78 is 10.8. The Hall–Kier alpha value is -2.55. The Morgan fingerprint density at radius 1 is 0.952 bits per heavy atom. The number of hydrogen-bond acceptors (Lipinski definition) is 3. The number of rotatable bonds is 5. The number of para-hydroxylation sites is 1. The van der Waals surface area contributed by atoms with E-state index in [-0.39, 0.29) is 0 Å². The summed E-state index contributed by atoms with van der Waals surface area (Å²) in [4.78, 5) is 12.1. The van der Waals surface area contributed by atoms with Crippen molar-refractivity contribution < 1.29 is 14.3 Å². The van der Waals surface area contributed by atoms with Crippen molar-refractivity contribution in [3.63, 3.8) is 0 Å². The summed E-state index contributed by atoms with van der Waals surface area (Å²) in [6, 6.07) is 18.8. The van der Waals surface area contributed by atoms with Gasteiger partial charge < -0.3 is 9.47 Å². The first-order valence-electron chi connectivity index (χ1n) is 6.86. The summed E-state index contributed by atoms with van der Waals surface area (Å²) in [5.41, 5.74) is 1.25. The Morgan fingerprint density at radius 3 is 2.05 bits per heavy atom. The van der Waals surface area contributed by atoms with Gasteiger partial charge in [0.2, 0.25) is 0 Å². The molecule has 0 aliphatic heterocycles. The topological polar surface area (TPSA) is 35.5 Å². The number of carbonyl (C=O) groups excluding carboxylic acids is 1. The molecule has 2 aromatic carbocycles.